The predicted octanol–water partition coefficient (Wildman–Crippen LogP) is 4.52. The molecule has 0 saturated heterocycles. The minimum Gasteiger partial charge on any atom is -0.369 e. The Kier molecular flexibility index (Phi) is 5.79. The van der Waals surface area contributed by atoms with Gasteiger partial charge in [-0.1, -0.05) is 28.9 Å². The van der Waals surface area contributed by atoms with Crippen molar-refractivity contribution in [1.29, 1.82) is 0 Å². The first-order chi connectivity index (χ1) is 10.0. The first kappa shape index (κ1) is 16.5. The second-order valence-electron chi connectivity index (χ2n) is 5.20. The Morgan fingerprint density at radius 2 is 2.19 bits per heavy atom. The number of aryl methyl sites for hydroxylation is 1. The smallest absolute Gasteiger partial charge is 0.0798 e. The lowest BCUT2D eigenvalue weighted by Gasteiger charge is -2.21. The molecule has 0 radical (unpaired) electrons. The van der Waals surface area contributed by atoms with Crippen LogP contribution in [0.5, 0.6) is 0 Å². The molecule has 1 N–H and O–H groups in total. The average molecular weight is 368 g/mol. The number of thiazole rings is 1. The molecule has 0 fully saturated rings. The lowest BCUT2D eigenvalue weighted by atomic mass is 10.1. The van der Waals surface area contributed by atoms with E-state index in [4.69, 9.17) is 0 Å². The van der Waals surface area contributed by atoms with Crippen LogP contribution in [-0.2, 0) is 6.54 Å². The lowest BCUT2D eigenvalue weighted by Crippen LogP contribution is -2.19. The summed E-state index contributed by atoms with van der Waals surface area (Å²) in [5.74, 6) is 0. The largest absolute Gasteiger partial charge is 0.369 e. The van der Waals surface area contributed by atoms with Gasteiger partial charge in [-0.2, -0.15) is 0 Å². The zero-order valence-electron chi connectivity index (χ0n) is 13.0. The third-order valence-electron chi connectivity index (χ3n) is 3.63. The number of rotatable bonds is 6. The van der Waals surface area contributed by atoms with Gasteiger partial charge in [0, 0.05) is 28.1 Å². The quantitative estimate of drug-likeness (QED) is 0.813. The Labute approximate surface area is 139 Å². The van der Waals surface area contributed by atoms with Crippen LogP contribution in [0.3, 0.4) is 0 Å². The van der Waals surface area contributed by atoms with Crippen molar-refractivity contribution >= 4 is 33.0 Å². The molecule has 2 rings (SSSR count). The molecule has 0 aliphatic heterocycles. The van der Waals surface area contributed by atoms with Gasteiger partial charge in [0.15, 0.2) is 0 Å². The number of benzene rings is 1. The van der Waals surface area contributed by atoms with Crippen molar-refractivity contribution in [2.24, 2.45) is 0 Å². The van der Waals surface area contributed by atoms with Crippen LogP contribution in [0.4, 0.5) is 5.69 Å². The van der Waals surface area contributed by atoms with E-state index in [0.29, 0.717) is 6.04 Å². The van der Waals surface area contributed by atoms with E-state index in [1.807, 2.05) is 5.51 Å². The van der Waals surface area contributed by atoms with Gasteiger partial charge in [-0.3, -0.25) is 0 Å². The van der Waals surface area contributed by atoms with Gasteiger partial charge < -0.3 is 10.2 Å². The molecule has 1 heterocycles. The summed E-state index contributed by atoms with van der Waals surface area (Å²) in [6.45, 7) is 8.25. The number of aromatic nitrogens is 1. The van der Waals surface area contributed by atoms with Gasteiger partial charge in [0.25, 0.3) is 0 Å². The minimum absolute atomic E-state index is 0.354. The first-order valence-electron chi connectivity index (χ1n) is 7.15. The van der Waals surface area contributed by atoms with Crippen LogP contribution in [0.2, 0.25) is 0 Å². The fraction of sp³-hybridized carbons (Fsp3) is 0.438. The zero-order valence-corrected chi connectivity index (χ0v) is 15.4. The summed E-state index contributed by atoms with van der Waals surface area (Å²) < 4.78 is 1.15. The third-order valence-corrected chi connectivity index (χ3v) is 5.23. The SMILES string of the molecule is CCNC(C)c1ccc(N(C)Cc2scnc2C)cc1Br. The highest BCUT2D eigenvalue weighted by atomic mass is 79.9. The van der Waals surface area contributed by atoms with Gasteiger partial charge >= 0.3 is 0 Å². The Balaban J connectivity index is 2.14. The fourth-order valence-electron chi connectivity index (χ4n) is 2.31. The van der Waals surface area contributed by atoms with E-state index in [1.54, 1.807) is 11.3 Å². The monoisotopic (exact) mass is 367 g/mol. The van der Waals surface area contributed by atoms with E-state index >= 15 is 0 Å². The standard InChI is InChI=1S/C16H22BrN3S/c1-5-18-11(2)14-7-6-13(8-15(14)17)20(4)9-16-12(3)19-10-21-16/h6-8,10-11,18H,5,9H2,1-4H3. The van der Waals surface area contributed by atoms with Crippen LogP contribution < -0.4 is 10.2 Å². The maximum Gasteiger partial charge on any atom is 0.0798 e. The molecular formula is C16H22BrN3S. The maximum absolute atomic E-state index is 4.31. The molecule has 1 atom stereocenters. The normalized spacial score (nSPS) is 12.4. The number of nitrogens with one attached hydrogen (secondary N) is 1. The van der Waals surface area contributed by atoms with Crippen molar-refractivity contribution in [1.82, 2.24) is 10.3 Å². The summed E-state index contributed by atoms with van der Waals surface area (Å²) in [4.78, 5) is 7.89. The van der Waals surface area contributed by atoms with Crippen molar-refractivity contribution in [3.63, 3.8) is 0 Å². The molecule has 1 unspecified atom stereocenters. The molecule has 114 valence electrons. The number of nitrogens with zero attached hydrogens (tertiary/aromatic N) is 2. The zero-order chi connectivity index (χ0) is 15.4. The van der Waals surface area contributed by atoms with Gasteiger partial charge in [-0.15, -0.1) is 11.3 Å². The Morgan fingerprint density at radius 3 is 2.76 bits per heavy atom. The highest BCUT2D eigenvalue weighted by Gasteiger charge is 2.11. The molecule has 0 aliphatic rings. The van der Waals surface area contributed by atoms with E-state index in [9.17, 15) is 0 Å². The topological polar surface area (TPSA) is 28.2 Å². The summed E-state index contributed by atoms with van der Waals surface area (Å²) in [5.41, 5.74) is 5.55. The molecule has 0 amide bonds. The number of halogens is 1. The second kappa shape index (κ2) is 7.38. The molecule has 0 aliphatic carbocycles. The van der Waals surface area contributed by atoms with Gasteiger partial charge in [-0.25, -0.2) is 4.98 Å². The van der Waals surface area contributed by atoms with Gasteiger partial charge in [-0.05, 0) is 38.1 Å². The van der Waals surface area contributed by atoms with Gasteiger partial charge in [0.2, 0.25) is 0 Å². The van der Waals surface area contributed by atoms with Gasteiger partial charge in [0.1, 0.15) is 0 Å². The third kappa shape index (κ3) is 4.05. The van der Waals surface area contributed by atoms with Crippen LogP contribution >= 0.6 is 27.3 Å². The molecular weight excluding hydrogens is 346 g/mol. The molecule has 21 heavy (non-hydrogen) atoms. The minimum atomic E-state index is 0.354. The van der Waals surface area contributed by atoms with Crippen molar-refractivity contribution < 1.29 is 0 Å². The molecule has 5 heteroatoms. The average Bonchev–Trinajstić information content (AvgIpc) is 2.84. The number of anilines is 1. The summed E-state index contributed by atoms with van der Waals surface area (Å²) >= 11 is 5.42. The van der Waals surface area contributed by atoms with E-state index in [1.165, 1.54) is 16.1 Å². The summed E-state index contributed by atoms with van der Waals surface area (Å²) in [7, 11) is 2.12. The molecule has 1 aromatic heterocycles. The second-order valence-corrected chi connectivity index (χ2v) is 7.00. The van der Waals surface area contributed by atoms with E-state index < -0.39 is 0 Å². The van der Waals surface area contributed by atoms with Gasteiger partial charge in [0.05, 0.1) is 17.7 Å². The number of hydrogen-bond acceptors (Lipinski definition) is 4. The van der Waals surface area contributed by atoms with Crippen LogP contribution in [0, 0.1) is 6.92 Å². The fourth-order valence-corrected chi connectivity index (χ4v) is 3.85. The van der Waals surface area contributed by atoms with Crippen molar-refractivity contribution in [3.05, 3.63) is 44.3 Å². The number of hydrogen-bond donors (Lipinski definition) is 1. The summed E-state index contributed by atoms with van der Waals surface area (Å²) in [6, 6.07) is 6.93. The molecule has 0 bridgehead atoms. The van der Waals surface area contributed by atoms with Crippen LogP contribution in [0.25, 0.3) is 0 Å². The van der Waals surface area contributed by atoms with Crippen LogP contribution in [0.15, 0.2) is 28.2 Å². The van der Waals surface area contributed by atoms with E-state index in [0.717, 1.165) is 23.3 Å². The Bertz CT molecular complexity index is 597. The first-order valence-corrected chi connectivity index (χ1v) is 8.83. The predicted molar refractivity (Wildman–Crippen MR) is 95.2 cm³/mol. The molecule has 2 aromatic rings. The highest BCUT2D eigenvalue weighted by Crippen LogP contribution is 2.29. The lowest BCUT2D eigenvalue weighted by molar-refractivity contribution is 0.596. The van der Waals surface area contributed by atoms with Crippen LogP contribution in [0.1, 0.15) is 36.0 Å². The maximum atomic E-state index is 4.31. The van der Waals surface area contributed by atoms with Crippen molar-refractivity contribution in [3.8, 4) is 0 Å². The van der Waals surface area contributed by atoms with E-state index in [2.05, 4.69) is 77.1 Å². The van der Waals surface area contributed by atoms with Crippen LogP contribution in [-0.4, -0.2) is 18.6 Å². The van der Waals surface area contributed by atoms with E-state index in [-0.39, 0.29) is 0 Å². The Morgan fingerprint density at radius 1 is 1.43 bits per heavy atom. The molecule has 0 spiro atoms. The molecule has 3 nitrogen and oxygen atoms in total. The molecule has 1 aromatic carbocycles. The van der Waals surface area contributed by atoms with Crippen molar-refractivity contribution in [2.75, 3.05) is 18.5 Å². The Hall–Kier alpha value is -0.910. The van der Waals surface area contributed by atoms with Crippen molar-refractivity contribution in [2.45, 2.75) is 33.4 Å². The summed E-state index contributed by atoms with van der Waals surface area (Å²) in [6.07, 6.45) is 0. The highest BCUT2D eigenvalue weighted by molar-refractivity contribution is 9.10. The summed E-state index contributed by atoms with van der Waals surface area (Å²) in [5, 5.41) is 3.44. The molecule has 0 saturated carbocycles.